The van der Waals surface area contributed by atoms with E-state index in [2.05, 4.69) is 15.9 Å². The van der Waals surface area contributed by atoms with Crippen molar-refractivity contribution in [3.05, 3.63) is 53.0 Å². The number of imide groups is 1. The van der Waals surface area contributed by atoms with Gasteiger partial charge in [0.15, 0.2) is 0 Å². The summed E-state index contributed by atoms with van der Waals surface area (Å²) in [4.78, 5) is 42.2. The maximum Gasteiger partial charge on any atom is 0.410 e. The number of hydrogen-bond donors (Lipinski definition) is 0. The minimum atomic E-state index is -0.571. The highest BCUT2D eigenvalue weighted by molar-refractivity contribution is 9.10. The molecule has 0 saturated carbocycles. The van der Waals surface area contributed by atoms with Gasteiger partial charge < -0.3 is 9.64 Å². The van der Waals surface area contributed by atoms with Crippen molar-refractivity contribution in [2.45, 2.75) is 13.0 Å². The Morgan fingerprint density at radius 2 is 1.79 bits per heavy atom. The van der Waals surface area contributed by atoms with Gasteiger partial charge in [-0.1, -0.05) is 52.3 Å². The Hall–Kier alpha value is -2.67. The highest BCUT2D eigenvalue weighted by atomic mass is 79.9. The van der Waals surface area contributed by atoms with E-state index in [4.69, 9.17) is 4.74 Å². The molecule has 2 fully saturated rings. The van der Waals surface area contributed by atoms with E-state index in [0.717, 1.165) is 15.2 Å². The van der Waals surface area contributed by atoms with Crippen LogP contribution in [0, 0.1) is 17.8 Å². The molecule has 1 aliphatic carbocycles. The molecule has 7 heteroatoms. The molecule has 6 rings (SSSR count). The maximum atomic E-state index is 13.5. The highest BCUT2D eigenvalue weighted by Gasteiger charge is 2.60. The van der Waals surface area contributed by atoms with E-state index in [1.807, 2.05) is 42.5 Å². The predicted molar refractivity (Wildman–Crippen MR) is 111 cm³/mol. The molecule has 4 atom stereocenters. The maximum absolute atomic E-state index is 13.5. The van der Waals surface area contributed by atoms with Gasteiger partial charge in [-0.05, 0) is 24.4 Å². The van der Waals surface area contributed by atoms with Crippen LogP contribution < -0.4 is 4.90 Å². The SMILES string of the molecule is CCOC(=O)N1CC2C=CC1C1C(=O)N(c3ccc(Br)c4ccccc34)C(=O)C21. The molecular formula is C22H19BrN2O4. The molecule has 3 aliphatic heterocycles. The van der Waals surface area contributed by atoms with Crippen LogP contribution in [0.15, 0.2) is 53.0 Å². The quantitative estimate of drug-likeness (QED) is 0.512. The number of anilines is 1. The molecule has 2 bridgehead atoms. The van der Waals surface area contributed by atoms with Crippen molar-refractivity contribution in [1.29, 1.82) is 0 Å². The Balaban J connectivity index is 1.57. The van der Waals surface area contributed by atoms with E-state index in [0.29, 0.717) is 12.2 Å². The van der Waals surface area contributed by atoms with Gasteiger partial charge in [0.25, 0.3) is 0 Å². The van der Waals surface area contributed by atoms with Crippen LogP contribution >= 0.6 is 15.9 Å². The lowest BCUT2D eigenvalue weighted by Crippen LogP contribution is -2.58. The van der Waals surface area contributed by atoms with Gasteiger partial charge >= 0.3 is 6.09 Å². The zero-order valence-corrected chi connectivity index (χ0v) is 17.3. The second-order valence-electron chi connectivity index (χ2n) is 7.57. The summed E-state index contributed by atoms with van der Waals surface area (Å²) in [6.45, 7) is 2.42. The standard InChI is InChI=1S/C22H19BrN2O4/c1-2-29-22(28)24-11-12-7-9-17(24)19-18(12)20(26)25(21(19)27)16-10-8-15(23)13-5-3-4-6-14(13)16/h3-10,12,17-19H,2,11H2,1H3. The average Bonchev–Trinajstić information content (AvgIpc) is 3.02. The van der Waals surface area contributed by atoms with Crippen molar-refractivity contribution in [1.82, 2.24) is 4.90 Å². The fraction of sp³-hybridized carbons (Fsp3) is 0.318. The first kappa shape index (κ1) is 18.4. The molecule has 6 nitrogen and oxygen atoms in total. The summed E-state index contributed by atoms with van der Waals surface area (Å²) in [6, 6.07) is 10.9. The van der Waals surface area contributed by atoms with Crippen LogP contribution in [0.5, 0.6) is 0 Å². The van der Waals surface area contributed by atoms with E-state index in [9.17, 15) is 14.4 Å². The number of ether oxygens (including phenoxy) is 1. The van der Waals surface area contributed by atoms with Crippen molar-refractivity contribution < 1.29 is 19.1 Å². The number of rotatable bonds is 2. The van der Waals surface area contributed by atoms with Crippen LogP contribution in [-0.2, 0) is 14.3 Å². The fourth-order valence-electron chi connectivity index (χ4n) is 4.92. The second-order valence-corrected chi connectivity index (χ2v) is 8.42. The van der Waals surface area contributed by atoms with Crippen molar-refractivity contribution in [2.24, 2.45) is 17.8 Å². The smallest absolute Gasteiger partial charge is 0.410 e. The van der Waals surface area contributed by atoms with Crippen LogP contribution in [0.2, 0.25) is 0 Å². The zero-order chi connectivity index (χ0) is 20.3. The molecule has 2 saturated heterocycles. The first-order chi connectivity index (χ1) is 14.0. The number of amides is 3. The third-order valence-corrected chi connectivity index (χ3v) is 6.83. The molecule has 0 N–H and O–H groups in total. The van der Waals surface area contributed by atoms with E-state index < -0.39 is 24.0 Å². The molecule has 148 valence electrons. The first-order valence-electron chi connectivity index (χ1n) is 9.69. The largest absolute Gasteiger partial charge is 0.450 e. The second kappa shape index (κ2) is 6.69. The van der Waals surface area contributed by atoms with Crippen LogP contribution in [0.1, 0.15) is 6.92 Å². The summed E-state index contributed by atoms with van der Waals surface area (Å²) in [7, 11) is 0. The zero-order valence-electron chi connectivity index (χ0n) is 15.7. The monoisotopic (exact) mass is 454 g/mol. The molecule has 4 aliphatic rings. The Labute approximate surface area is 176 Å². The lowest BCUT2D eigenvalue weighted by Gasteiger charge is -2.45. The molecule has 0 spiro atoms. The lowest BCUT2D eigenvalue weighted by molar-refractivity contribution is -0.126. The number of carbonyl (C=O) groups excluding carboxylic acids is 3. The van der Waals surface area contributed by atoms with E-state index in [-0.39, 0.29) is 24.3 Å². The average molecular weight is 455 g/mol. The first-order valence-corrected chi connectivity index (χ1v) is 10.5. The van der Waals surface area contributed by atoms with Gasteiger partial charge in [-0.3, -0.25) is 9.59 Å². The summed E-state index contributed by atoms with van der Waals surface area (Å²) in [5.74, 6) is -1.63. The van der Waals surface area contributed by atoms with Crippen LogP contribution in [0.4, 0.5) is 10.5 Å². The molecule has 0 aromatic heterocycles. The summed E-state index contributed by atoms with van der Waals surface area (Å²) in [5, 5.41) is 1.78. The van der Waals surface area contributed by atoms with E-state index in [1.165, 1.54) is 4.90 Å². The van der Waals surface area contributed by atoms with Crippen LogP contribution in [0.25, 0.3) is 10.8 Å². The van der Waals surface area contributed by atoms with Crippen molar-refractivity contribution >= 4 is 50.3 Å². The van der Waals surface area contributed by atoms with Crippen molar-refractivity contribution in [3.8, 4) is 0 Å². The van der Waals surface area contributed by atoms with E-state index >= 15 is 0 Å². The molecule has 4 unspecified atom stereocenters. The van der Waals surface area contributed by atoms with Gasteiger partial charge in [-0.15, -0.1) is 0 Å². The molecule has 0 radical (unpaired) electrons. The minimum absolute atomic E-state index is 0.183. The number of nitrogens with zero attached hydrogens (tertiary/aromatic N) is 2. The number of halogens is 1. The van der Waals surface area contributed by atoms with Gasteiger partial charge in [0, 0.05) is 22.3 Å². The number of hydrogen-bond acceptors (Lipinski definition) is 4. The lowest BCUT2D eigenvalue weighted by atomic mass is 9.70. The van der Waals surface area contributed by atoms with Gasteiger partial charge in [0.1, 0.15) is 0 Å². The number of benzene rings is 2. The summed E-state index contributed by atoms with van der Waals surface area (Å²) < 4.78 is 6.07. The van der Waals surface area contributed by atoms with Gasteiger partial charge in [0.2, 0.25) is 11.8 Å². The molecule has 2 aromatic carbocycles. The third-order valence-electron chi connectivity index (χ3n) is 6.14. The Morgan fingerprint density at radius 1 is 1.07 bits per heavy atom. The minimum Gasteiger partial charge on any atom is -0.450 e. The highest BCUT2D eigenvalue weighted by Crippen LogP contribution is 2.47. The third kappa shape index (κ3) is 2.56. The van der Waals surface area contributed by atoms with E-state index in [1.54, 1.807) is 17.9 Å². The molecule has 2 aromatic rings. The molecule has 3 heterocycles. The number of carbonyl (C=O) groups is 3. The number of piperidine rings is 1. The van der Waals surface area contributed by atoms with Gasteiger partial charge in [-0.25, -0.2) is 9.69 Å². The Bertz CT molecular complexity index is 1080. The predicted octanol–water partition coefficient (Wildman–Crippen LogP) is 3.73. The Morgan fingerprint density at radius 3 is 2.55 bits per heavy atom. The normalized spacial score (nSPS) is 27.7. The Kier molecular flexibility index (Phi) is 4.24. The molecular weight excluding hydrogens is 436 g/mol. The molecule has 3 amide bonds. The van der Waals surface area contributed by atoms with Gasteiger partial charge in [-0.2, -0.15) is 0 Å². The summed E-state index contributed by atoms with van der Waals surface area (Å²) in [5.41, 5.74) is 0.593. The topological polar surface area (TPSA) is 66.9 Å². The fourth-order valence-corrected chi connectivity index (χ4v) is 5.40. The van der Waals surface area contributed by atoms with Gasteiger partial charge in [0.05, 0.1) is 30.2 Å². The van der Waals surface area contributed by atoms with Crippen LogP contribution in [-0.4, -0.2) is 42.0 Å². The van der Waals surface area contributed by atoms with Crippen LogP contribution in [0.3, 0.4) is 0 Å². The molecule has 29 heavy (non-hydrogen) atoms. The summed E-state index contributed by atoms with van der Waals surface area (Å²) >= 11 is 3.54. The number of fused-ring (bicyclic) bond motifs is 2. The van der Waals surface area contributed by atoms with Crippen molar-refractivity contribution in [2.75, 3.05) is 18.1 Å². The van der Waals surface area contributed by atoms with Crippen molar-refractivity contribution in [3.63, 3.8) is 0 Å². The summed E-state index contributed by atoms with van der Waals surface area (Å²) in [6.07, 6.45) is 3.41.